The molecule has 2 spiro atoms. The summed E-state index contributed by atoms with van der Waals surface area (Å²) < 4.78 is 84.8. The standard InChI is InChI=1S/C47H54N4O11S.C46H55N3O12S/c1-7-8-9-10-11-12-34(53)62-33-17-26-13-14-49-47(28(26)18-32(33)56-5)21-63-45-37-36(44-43(59-22-60-44)24(3)42(37)61-25(4)52)31(20-58-46(47)55)51-30(19-48)29-16-27-15-23(2)41(57-6)40(54)35(27)38(50-29)39(45)51;1-7-8-9-10-11-12-32(51)61-31-17-25-13-14-47-46(27(25)18-30(31)55-5)20-62-43-35-34(42-41(58-21-59-42)23(3)40(35)60-24(4)50)29(19-57-45(46)54)49-37(43)36-33-26(16-28(48-36)44(49)53)15-22(2)39(56-6)38(33)52/h15,17-18,29-31,38-39,45,49-50,54H,7-14,16,20-22H2,1-6H3;15,17-18,28-29,36-37,43-44,47-48,52-53H,7-14,16,19-21H2,1-6H3/t29-,30-,31-,38+,39?,45+,47+;28-,29-,36+,37?,43+,44-,46+/m00/s1. The Hall–Kier alpha value is -9.95. The number of thioether (sulfide) groups is 2. The highest BCUT2D eigenvalue weighted by Gasteiger charge is 2.63. The van der Waals surface area contributed by atoms with E-state index in [1.807, 2.05) is 44.7 Å². The molecule has 30 nitrogen and oxygen atoms in total. The molecule has 20 rings (SSSR count). The number of nitrogens with zero attached hydrogens (tertiary/aromatic N) is 3. The van der Waals surface area contributed by atoms with Gasteiger partial charge in [0, 0.05) is 114 Å². The van der Waals surface area contributed by atoms with Gasteiger partial charge in [-0.1, -0.05) is 77.3 Å². The van der Waals surface area contributed by atoms with Gasteiger partial charge in [0.1, 0.15) is 37.0 Å². The van der Waals surface area contributed by atoms with Crippen molar-refractivity contribution < 1.29 is 110 Å². The molecular weight excluding hydrogens is 1650 g/mol. The molecule has 14 heterocycles. The van der Waals surface area contributed by atoms with Crippen molar-refractivity contribution in [2.75, 3.05) is 79.8 Å². The lowest BCUT2D eigenvalue weighted by Crippen LogP contribution is -2.69. The second-order valence-corrected chi connectivity index (χ2v) is 36.7. The molecule has 32 heteroatoms. The molecule has 7 N–H and O–H groups in total. The van der Waals surface area contributed by atoms with Gasteiger partial charge in [0.05, 0.1) is 75.2 Å². The summed E-state index contributed by atoms with van der Waals surface area (Å²) in [5.74, 6) is 1.78. The van der Waals surface area contributed by atoms with Crippen molar-refractivity contribution in [1.82, 2.24) is 31.1 Å². The summed E-state index contributed by atoms with van der Waals surface area (Å²) in [4.78, 5) is 86.2. The SMILES string of the molecule is CCCCCCCC(=O)Oc1cc2c(cc1OC)[C@@]1(CS[C@@H]3c4c(OC(C)=O)c(C)c5c(c4[C@H](COC1=O)N1C3[C@@H]3N[C@@H](Cc4cc(C)c(OC)c(O)c43)[C@@H]1C#N)OCO5)NCC2.CCCCCCCC(=O)Oc1cc2c(cc1OC)[C@@]1(CS[C@@H]3c4c(OC(C)=O)c(C)c5c(c4[C@H](COC1=O)N1C3[C@@H]3N[C@@H](Cc4cc(C)c(OC)c(O)c43)[C@@H]1O)OCO5)NCC2. The molecule has 8 bridgehead atoms. The smallest absolute Gasteiger partial charge is 0.331 e. The van der Waals surface area contributed by atoms with Crippen molar-refractivity contribution in [3.05, 3.63) is 125 Å². The third-order valence-corrected chi connectivity index (χ3v) is 30.0. The van der Waals surface area contributed by atoms with Crippen LogP contribution >= 0.6 is 23.5 Å². The number of unbranched alkanes of at least 4 members (excludes halogenated alkanes) is 8. The van der Waals surface area contributed by atoms with Crippen molar-refractivity contribution in [2.45, 2.75) is 240 Å². The number of esters is 6. The van der Waals surface area contributed by atoms with Crippen molar-refractivity contribution in [3.63, 3.8) is 0 Å². The van der Waals surface area contributed by atoms with Gasteiger partial charge >= 0.3 is 35.8 Å². The number of nitriles is 1. The number of aryl methyl sites for hydroxylation is 2. The highest BCUT2D eigenvalue weighted by atomic mass is 32.2. The molecule has 0 aromatic heterocycles. The van der Waals surface area contributed by atoms with Crippen LogP contribution in [0.1, 0.15) is 228 Å². The first kappa shape index (κ1) is 87.1. The number of aliphatic hydroxyl groups is 1. The molecule has 2 unspecified atom stereocenters. The summed E-state index contributed by atoms with van der Waals surface area (Å²) in [5.41, 5.74) is 8.46. The van der Waals surface area contributed by atoms with Gasteiger partial charge in [-0.15, -0.1) is 23.5 Å². The van der Waals surface area contributed by atoms with Crippen molar-refractivity contribution in [2.24, 2.45) is 0 Å². The Morgan fingerprint density at radius 2 is 0.936 bits per heavy atom. The highest BCUT2D eigenvalue weighted by Crippen LogP contribution is 2.67. The third-order valence-electron chi connectivity index (χ3n) is 27.1. The number of fused-ring (bicyclic) bond motifs is 18. The zero-order chi connectivity index (χ0) is 87.9. The first-order valence-corrected chi connectivity index (χ1v) is 45.6. The Morgan fingerprint density at radius 3 is 1.37 bits per heavy atom. The summed E-state index contributed by atoms with van der Waals surface area (Å²) in [6.07, 6.45) is 11.4. The van der Waals surface area contributed by atoms with E-state index < -0.39 is 100 Å². The van der Waals surface area contributed by atoms with Gasteiger partial charge in [0.2, 0.25) is 13.6 Å². The molecule has 0 aliphatic carbocycles. The van der Waals surface area contributed by atoms with Crippen molar-refractivity contribution in [3.8, 4) is 86.6 Å². The second-order valence-electron chi connectivity index (χ2n) is 34.4. The monoisotopic (exact) mass is 1760 g/mol. The zero-order valence-corrected chi connectivity index (χ0v) is 74.2. The van der Waals surface area contributed by atoms with Crippen LogP contribution in [-0.4, -0.2) is 177 Å². The molecule has 666 valence electrons. The van der Waals surface area contributed by atoms with Gasteiger partial charge in [0.15, 0.2) is 80.1 Å². The lowest BCUT2D eigenvalue weighted by molar-refractivity contribution is -0.164. The minimum Gasteiger partial charge on any atom is -0.504 e. The topological polar surface area (TPSA) is 371 Å². The van der Waals surface area contributed by atoms with Crippen LogP contribution < -0.4 is 78.1 Å². The summed E-state index contributed by atoms with van der Waals surface area (Å²) in [5, 5.41) is 60.9. The maximum atomic E-state index is 15.0. The van der Waals surface area contributed by atoms with Gasteiger partial charge in [-0.25, -0.2) is 9.59 Å². The molecule has 6 aromatic rings. The number of aromatic hydroxyl groups is 2. The van der Waals surface area contributed by atoms with Gasteiger partial charge in [-0.05, 0) is 135 Å². The van der Waals surface area contributed by atoms with E-state index >= 15 is 4.79 Å². The molecule has 0 amide bonds. The Balaban J connectivity index is 0.000000177. The molecule has 14 atom stereocenters. The van der Waals surface area contributed by atoms with Crippen molar-refractivity contribution >= 4 is 59.3 Å². The largest absolute Gasteiger partial charge is 0.504 e. The van der Waals surface area contributed by atoms with Crippen LogP contribution in [0.4, 0.5) is 0 Å². The van der Waals surface area contributed by atoms with Gasteiger partial charge in [0.25, 0.3) is 0 Å². The number of methoxy groups -OCH3 is 4. The van der Waals surface area contributed by atoms with E-state index in [1.54, 1.807) is 24.3 Å². The number of carbonyl (C=O) groups is 6. The fourth-order valence-corrected chi connectivity index (χ4v) is 25.0. The Morgan fingerprint density at radius 1 is 0.512 bits per heavy atom. The first-order chi connectivity index (χ1) is 60.4. The second kappa shape index (κ2) is 35.4. The van der Waals surface area contributed by atoms with Crippen LogP contribution in [0, 0.1) is 39.0 Å². The number of nitrogens with one attached hydrogen (secondary N) is 4. The first-order valence-electron chi connectivity index (χ1n) is 43.5. The van der Waals surface area contributed by atoms with E-state index in [2.05, 4.69) is 46.1 Å². The predicted octanol–water partition coefficient (Wildman–Crippen LogP) is 11.8. The molecule has 6 aromatic carbocycles. The molecule has 4 fully saturated rings. The molecule has 0 radical (unpaired) electrons. The average molecular weight is 1760 g/mol. The Bertz CT molecular complexity index is 5390. The molecule has 14 aliphatic heterocycles. The highest BCUT2D eigenvalue weighted by molar-refractivity contribution is 7.99. The quantitative estimate of drug-likeness (QED) is 0.0212. The molecular formula is C93H109N7O23S2. The number of hydrogen-bond donors (Lipinski definition) is 7. The minimum atomic E-state index is -1.41. The Labute approximate surface area is 734 Å². The fraction of sp³-hybridized carbons (Fsp3) is 0.538. The number of ether oxygens (including phenoxy) is 14. The number of phenolic OH excluding ortho intramolecular Hbond substituents is 2. The lowest BCUT2D eigenvalue weighted by Gasteiger charge is -2.59. The maximum absolute atomic E-state index is 15.0. The van der Waals surface area contributed by atoms with Crippen molar-refractivity contribution in [1.29, 1.82) is 5.26 Å². The van der Waals surface area contributed by atoms with Crippen LogP contribution in [0.15, 0.2) is 36.4 Å². The number of carbonyl (C=O) groups excluding carboxylic acids is 6. The number of benzene rings is 6. The fourth-order valence-electron chi connectivity index (χ4n) is 21.6. The van der Waals surface area contributed by atoms with E-state index in [9.17, 15) is 44.6 Å². The van der Waals surface area contributed by atoms with E-state index in [0.717, 1.165) is 97.6 Å². The van der Waals surface area contributed by atoms with E-state index in [0.29, 0.717) is 163 Å². The normalized spacial score (nSPS) is 26.5. The summed E-state index contributed by atoms with van der Waals surface area (Å²) in [6.45, 7) is 14.7. The molecule has 4 saturated heterocycles. The molecule has 0 saturated carbocycles. The predicted molar refractivity (Wildman–Crippen MR) is 458 cm³/mol. The number of piperazine rings is 2. The Kier molecular flexibility index (Phi) is 24.6. The van der Waals surface area contributed by atoms with Gasteiger partial charge in [-0.2, -0.15) is 5.26 Å². The average Bonchev–Trinajstić information content (AvgIpc) is 1.59. The number of aliphatic hydroxyl groups excluding tert-OH is 1. The van der Waals surface area contributed by atoms with E-state index in [-0.39, 0.29) is 80.6 Å². The summed E-state index contributed by atoms with van der Waals surface area (Å²) in [7, 11) is 6.06. The summed E-state index contributed by atoms with van der Waals surface area (Å²) in [6, 6.07) is 8.36. The van der Waals surface area contributed by atoms with Gasteiger partial charge in [-0.3, -0.25) is 39.6 Å². The van der Waals surface area contributed by atoms with Gasteiger partial charge < -0.3 is 92.3 Å². The third kappa shape index (κ3) is 14.9. The van der Waals surface area contributed by atoms with Crippen LogP contribution in [0.5, 0.6) is 80.5 Å². The minimum absolute atomic E-state index is 0.0147. The molecule has 125 heavy (non-hydrogen) atoms. The maximum Gasteiger partial charge on any atom is 0.331 e. The van der Waals surface area contributed by atoms with Crippen LogP contribution in [0.2, 0.25) is 0 Å². The van der Waals surface area contributed by atoms with E-state index in [4.69, 9.17) is 66.3 Å². The molecule has 14 aliphatic rings. The summed E-state index contributed by atoms with van der Waals surface area (Å²) >= 11 is 2.92. The number of rotatable bonds is 20. The zero-order valence-electron chi connectivity index (χ0n) is 72.5. The van der Waals surface area contributed by atoms with Crippen LogP contribution in [0.25, 0.3) is 0 Å². The lowest BCUT2D eigenvalue weighted by atomic mass is 9.72. The van der Waals surface area contributed by atoms with Crippen LogP contribution in [-0.2, 0) is 75.0 Å². The number of hydrogen-bond acceptors (Lipinski definition) is 32. The van der Waals surface area contributed by atoms with Crippen LogP contribution in [0.3, 0.4) is 0 Å². The van der Waals surface area contributed by atoms with E-state index in [1.165, 1.54) is 65.8 Å². The number of phenols is 2.